The van der Waals surface area contributed by atoms with Gasteiger partial charge in [0.1, 0.15) is 12.4 Å². The molecule has 0 fully saturated rings. The number of halogens is 2. The number of rotatable bonds is 8. The van der Waals surface area contributed by atoms with Crippen LogP contribution in [0.5, 0.6) is 11.5 Å². The molecular weight excluding hydrogens is 560 g/mol. The predicted molar refractivity (Wildman–Crippen MR) is 142 cm³/mol. The van der Waals surface area contributed by atoms with Gasteiger partial charge in [0.2, 0.25) is 5.90 Å². The topological polar surface area (TPSA) is 57.1 Å². The molecule has 0 aromatic heterocycles. The van der Waals surface area contributed by atoms with Crippen LogP contribution in [0.3, 0.4) is 0 Å². The summed E-state index contributed by atoms with van der Waals surface area (Å²) < 4.78 is 31.5. The van der Waals surface area contributed by atoms with Crippen molar-refractivity contribution in [2.45, 2.75) is 33.3 Å². The van der Waals surface area contributed by atoms with E-state index in [0.29, 0.717) is 29.6 Å². The first-order valence-corrected chi connectivity index (χ1v) is 12.4. The first-order chi connectivity index (χ1) is 16.8. The summed E-state index contributed by atoms with van der Waals surface area (Å²) in [6.45, 7) is 6.76. The van der Waals surface area contributed by atoms with E-state index in [1.165, 1.54) is 17.7 Å². The molecule has 0 saturated heterocycles. The Morgan fingerprint density at radius 1 is 1.09 bits per heavy atom. The van der Waals surface area contributed by atoms with Gasteiger partial charge in [-0.2, -0.15) is 0 Å². The van der Waals surface area contributed by atoms with Crippen LogP contribution in [0.4, 0.5) is 4.39 Å². The fourth-order valence-corrected chi connectivity index (χ4v) is 4.34. The summed E-state index contributed by atoms with van der Waals surface area (Å²) in [4.78, 5) is 16.9. The van der Waals surface area contributed by atoms with Crippen molar-refractivity contribution in [2.24, 2.45) is 4.99 Å². The highest BCUT2D eigenvalue weighted by Gasteiger charge is 2.24. The van der Waals surface area contributed by atoms with Crippen LogP contribution in [-0.2, 0) is 16.1 Å². The van der Waals surface area contributed by atoms with E-state index < -0.39 is 5.97 Å². The highest BCUT2D eigenvalue weighted by Crippen LogP contribution is 2.36. The van der Waals surface area contributed by atoms with Gasteiger partial charge in [0.05, 0.1) is 10.2 Å². The number of cyclic esters (lactones) is 1. The fourth-order valence-electron chi connectivity index (χ4n) is 3.56. The summed E-state index contributed by atoms with van der Waals surface area (Å²) in [5.74, 6) is 0.964. The van der Waals surface area contributed by atoms with Crippen molar-refractivity contribution in [3.05, 3.63) is 98.0 Å². The first-order valence-electron chi connectivity index (χ1n) is 11.3. The minimum absolute atomic E-state index is 0.198. The molecule has 5 nitrogen and oxygen atoms in total. The third-order valence-corrected chi connectivity index (χ3v) is 6.15. The maximum atomic E-state index is 13.5. The van der Waals surface area contributed by atoms with Crippen LogP contribution < -0.4 is 9.47 Å². The average Bonchev–Trinajstić information content (AvgIpc) is 3.19. The number of aliphatic imine (C=N–C) groups is 1. The lowest BCUT2D eigenvalue weighted by molar-refractivity contribution is -0.129. The Morgan fingerprint density at radius 2 is 1.86 bits per heavy atom. The summed E-state index contributed by atoms with van der Waals surface area (Å²) in [6.07, 6.45) is 1.67. The van der Waals surface area contributed by atoms with Crippen molar-refractivity contribution in [2.75, 3.05) is 6.61 Å². The molecule has 0 amide bonds. The largest absolute Gasteiger partial charge is 0.490 e. The second-order valence-corrected chi connectivity index (χ2v) is 9.46. The number of benzene rings is 3. The van der Waals surface area contributed by atoms with Crippen molar-refractivity contribution >= 4 is 40.5 Å². The van der Waals surface area contributed by atoms with Crippen molar-refractivity contribution in [3.63, 3.8) is 0 Å². The number of ether oxygens (including phenoxy) is 3. The number of hydrogen-bond acceptors (Lipinski definition) is 5. The van der Waals surface area contributed by atoms with Gasteiger partial charge in [0, 0.05) is 5.56 Å². The van der Waals surface area contributed by atoms with E-state index in [9.17, 15) is 9.18 Å². The summed E-state index contributed by atoms with van der Waals surface area (Å²) in [6, 6.07) is 17.8. The van der Waals surface area contributed by atoms with Gasteiger partial charge in [-0.25, -0.2) is 14.2 Å². The normalized spacial score (nSPS) is 14.3. The number of hydrogen-bond donors (Lipinski definition) is 0. The van der Waals surface area contributed by atoms with Gasteiger partial charge in [-0.15, -0.1) is 0 Å². The van der Waals surface area contributed by atoms with E-state index in [-0.39, 0.29) is 24.0 Å². The Labute approximate surface area is 217 Å². The second kappa shape index (κ2) is 11.0. The smallest absolute Gasteiger partial charge is 0.363 e. The third kappa shape index (κ3) is 6.08. The summed E-state index contributed by atoms with van der Waals surface area (Å²) in [5, 5.41) is 0. The van der Waals surface area contributed by atoms with E-state index >= 15 is 0 Å². The number of carbonyl (C=O) groups is 1. The summed E-state index contributed by atoms with van der Waals surface area (Å²) >= 11 is 2.15. The molecule has 4 rings (SSSR count). The standard InChI is InChI=1S/C28H25FINO4/c1-4-33-25-15-19(13-23(30)26(25)34-16-18-6-5-7-22(29)12-18)14-24-28(32)35-27(31-24)21-10-8-20(9-11-21)17(2)3/h5-15,17H,4,16H2,1-3H3/b24-14-. The van der Waals surface area contributed by atoms with Crippen LogP contribution in [0.25, 0.3) is 6.08 Å². The van der Waals surface area contributed by atoms with Gasteiger partial charge in [-0.3, -0.25) is 0 Å². The quantitative estimate of drug-likeness (QED) is 0.164. The molecule has 0 aliphatic carbocycles. The molecule has 35 heavy (non-hydrogen) atoms. The minimum atomic E-state index is -0.507. The Kier molecular flexibility index (Phi) is 7.85. The lowest BCUT2D eigenvalue weighted by Gasteiger charge is -2.15. The number of esters is 1. The van der Waals surface area contributed by atoms with Crippen LogP contribution >= 0.6 is 22.6 Å². The van der Waals surface area contributed by atoms with E-state index in [1.54, 1.807) is 24.3 Å². The van der Waals surface area contributed by atoms with Crippen molar-refractivity contribution < 1.29 is 23.4 Å². The predicted octanol–water partition coefficient (Wildman–Crippen LogP) is 6.88. The molecule has 3 aromatic carbocycles. The lowest BCUT2D eigenvalue weighted by atomic mass is 10.0. The van der Waals surface area contributed by atoms with E-state index in [2.05, 4.69) is 41.4 Å². The van der Waals surface area contributed by atoms with Crippen molar-refractivity contribution in [1.29, 1.82) is 0 Å². The molecule has 0 saturated carbocycles. The SMILES string of the molecule is CCOc1cc(/C=C2\N=C(c3ccc(C(C)C)cc3)OC2=O)cc(I)c1OCc1cccc(F)c1. The van der Waals surface area contributed by atoms with Gasteiger partial charge in [0.15, 0.2) is 17.2 Å². The Hall–Kier alpha value is -3.20. The van der Waals surface area contributed by atoms with E-state index in [4.69, 9.17) is 14.2 Å². The average molecular weight is 585 g/mol. The first kappa shape index (κ1) is 24.9. The minimum Gasteiger partial charge on any atom is -0.490 e. The molecule has 1 heterocycles. The molecule has 3 aromatic rings. The molecule has 0 bridgehead atoms. The Bertz CT molecular complexity index is 1300. The van der Waals surface area contributed by atoms with E-state index in [0.717, 1.165) is 14.7 Å². The summed E-state index contributed by atoms with van der Waals surface area (Å²) in [7, 11) is 0. The van der Waals surface area contributed by atoms with Crippen LogP contribution in [-0.4, -0.2) is 18.5 Å². The highest BCUT2D eigenvalue weighted by molar-refractivity contribution is 14.1. The van der Waals surface area contributed by atoms with Crippen LogP contribution in [0, 0.1) is 9.39 Å². The summed E-state index contributed by atoms with van der Waals surface area (Å²) in [5.41, 5.74) is 3.60. The zero-order valence-electron chi connectivity index (χ0n) is 19.7. The van der Waals surface area contributed by atoms with Crippen LogP contribution in [0.2, 0.25) is 0 Å². The van der Waals surface area contributed by atoms with Gasteiger partial charge >= 0.3 is 5.97 Å². The zero-order valence-corrected chi connectivity index (χ0v) is 21.8. The van der Waals surface area contributed by atoms with Gasteiger partial charge < -0.3 is 14.2 Å². The Morgan fingerprint density at radius 3 is 2.54 bits per heavy atom. The lowest BCUT2D eigenvalue weighted by Crippen LogP contribution is -2.05. The zero-order chi connectivity index (χ0) is 24.9. The maximum Gasteiger partial charge on any atom is 0.363 e. The van der Waals surface area contributed by atoms with Crippen LogP contribution in [0.15, 0.2) is 71.4 Å². The molecule has 0 atom stereocenters. The van der Waals surface area contributed by atoms with Crippen LogP contribution in [0.1, 0.15) is 48.9 Å². The van der Waals surface area contributed by atoms with Gasteiger partial charge in [-0.1, -0.05) is 38.1 Å². The fraction of sp³-hybridized carbons (Fsp3) is 0.214. The maximum absolute atomic E-state index is 13.5. The molecule has 180 valence electrons. The molecule has 0 N–H and O–H groups in total. The molecule has 1 aliphatic heterocycles. The molecule has 7 heteroatoms. The van der Waals surface area contributed by atoms with Gasteiger partial charge in [0.25, 0.3) is 0 Å². The number of carbonyl (C=O) groups excluding carboxylic acids is 1. The molecule has 1 aliphatic rings. The van der Waals surface area contributed by atoms with E-state index in [1.807, 2.05) is 37.3 Å². The molecular formula is C28H25FINO4. The van der Waals surface area contributed by atoms with Crippen molar-refractivity contribution in [1.82, 2.24) is 0 Å². The molecule has 0 spiro atoms. The molecule has 0 radical (unpaired) electrons. The number of nitrogens with zero attached hydrogens (tertiary/aromatic N) is 1. The van der Waals surface area contributed by atoms with Crippen molar-refractivity contribution in [3.8, 4) is 11.5 Å². The molecule has 0 unspecified atom stereocenters. The second-order valence-electron chi connectivity index (χ2n) is 8.29. The monoisotopic (exact) mass is 585 g/mol. The van der Waals surface area contributed by atoms with Gasteiger partial charge in [-0.05, 0) is 94.6 Å². The third-order valence-electron chi connectivity index (χ3n) is 5.35. The highest BCUT2D eigenvalue weighted by atomic mass is 127. The Balaban J connectivity index is 1.59.